The Balaban J connectivity index is 1.56. The lowest BCUT2D eigenvalue weighted by Gasteiger charge is -2.11. The molecule has 0 aliphatic heterocycles. The Morgan fingerprint density at radius 1 is 0.971 bits per heavy atom. The highest BCUT2D eigenvalue weighted by molar-refractivity contribution is 5.98. The van der Waals surface area contributed by atoms with Crippen molar-refractivity contribution in [2.75, 3.05) is 5.32 Å². The summed E-state index contributed by atoms with van der Waals surface area (Å²) in [6, 6.07) is 21.7. The molecule has 5 rings (SSSR count). The molecule has 1 amide bonds. The summed E-state index contributed by atoms with van der Waals surface area (Å²) in [4.78, 5) is 42.5. The molecule has 0 radical (unpaired) electrons. The molecular formula is C26H21N5O3. The molecule has 0 saturated carbocycles. The minimum atomic E-state index is -0.466. The molecule has 5 aromatic rings. The Hall–Kier alpha value is -4.59. The van der Waals surface area contributed by atoms with Gasteiger partial charge in [-0.05, 0) is 38.1 Å². The Morgan fingerprint density at radius 3 is 2.50 bits per heavy atom. The Kier molecular flexibility index (Phi) is 5.25. The number of anilines is 1. The molecule has 34 heavy (non-hydrogen) atoms. The Bertz CT molecular complexity index is 1630. The fraction of sp³-hybridized carbons (Fsp3) is 0.115. The van der Waals surface area contributed by atoms with Gasteiger partial charge in [-0.1, -0.05) is 54.1 Å². The first-order valence-corrected chi connectivity index (χ1v) is 10.8. The van der Waals surface area contributed by atoms with Crippen LogP contribution in [0, 0.1) is 6.92 Å². The van der Waals surface area contributed by atoms with E-state index in [9.17, 15) is 14.4 Å². The highest BCUT2D eigenvalue weighted by atomic mass is 16.2. The van der Waals surface area contributed by atoms with E-state index < -0.39 is 11.6 Å². The molecule has 0 aliphatic rings. The van der Waals surface area contributed by atoms with Gasteiger partial charge in [0.1, 0.15) is 6.54 Å². The maximum atomic E-state index is 13.4. The number of benzene rings is 3. The van der Waals surface area contributed by atoms with Crippen LogP contribution in [0.1, 0.15) is 22.8 Å². The van der Waals surface area contributed by atoms with Gasteiger partial charge in [-0.3, -0.25) is 14.2 Å². The van der Waals surface area contributed by atoms with Crippen LogP contribution in [0.25, 0.3) is 27.9 Å². The van der Waals surface area contributed by atoms with Crippen LogP contribution in [0.15, 0.2) is 77.6 Å². The summed E-state index contributed by atoms with van der Waals surface area (Å²) >= 11 is 0. The first-order valence-electron chi connectivity index (χ1n) is 10.8. The van der Waals surface area contributed by atoms with E-state index >= 15 is 0 Å². The zero-order valence-corrected chi connectivity index (χ0v) is 18.6. The first-order chi connectivity index (χ1) is 16.4. The fourth-order valence-electron chi connectivity index (χ4n) is 3.87. The van der Waals surface area contributed by atoms with Crippen molar-refractivity contribution in [1.29, 1.82) is 0 Å². The van der Waals surface area contributed by atoms with Gasteiger partial charge in [-0.15, -0.1) is 5.10 Å². The second kappa shape index (κ2) is 8.40. The number of nitrogens with one attached hydrogen (secondary N) is 1. The van der Waals surface area contributed by atoms with Crippen LogP contribution in [-0.4, -0.2) is 30.9 Å². The molecule has 0 spiro atoms. The van der Waals surface area contributed by atoms with Gasteiger partial charge in [0.2, 0.25) is 5.91 Å². The lowest BCUT2D eigenvalue weighted by molar-refractivity contribution is -0.116. The van der Waals surface area contributed by atoms with E-state index in [1.807, 2.05) is 43.3 Å². The number of aryl methyl sites for hydroxylation is 1. The molecule has 8 heteroatoms. The third kappa shape index (κ3) is 3.86. The van der Waals surface area contributed by atoms with Gasteiger partial charge in [0.05, 0.1) is 5.52 Å². The van der Waals surface area contributed by atoms with E-state index in [1.54, 1.807) is 36.4 Å². The number of hydrogen-bond donors (Lipinski definition) is 1. The van der Waals surface area contributed by atoms with E-state index in [2.05, 4.69) is 15.4 Å². The smallest absolute Gasteiger partial charge is 0.325 e. The lowest BCUT2D eigenvalue weighted by atomic mass is 10.1. The predicted octanol–water partition coefficient (Wildman–Crippen LogP) is 3.86. The van der Waals surface area contributed by atoms with Crippen molar-refractivity contribution in [1.82, 2.24) is 19.2 Å². The van der Waals surface area contributed by atoms with Crippen molar-refractivity contribution in [3.8, 4) is 11.4 Å². The molecule has 3 aromatic carbocycles. The number of amides is 1. The molecule has 0 atom stereocenters. The van der Waals surface area contributed by atoms with Crippen LogP contribution in [0.3, 0.4) is 0 Å². The molecule has 0 aliphatic carbocycles. The highest BCUT2D eigenvalue weighted by Gasteiger charge is 2.17. The Morgan fingerprint density at radius 2 is 1.74 bits per heavy atom. The Labute approximate surface area is 194 Å². The summed E-state index contributed by atoms with van der Waals surface area (Å²) in [6.45, 7) is 3.23. The average Bonchev–Trinajstić information content (AvgIpc) is 3.28. The summed E-state index contributed by atoms with van der Waals surface area (Å²) in [7, 11) is 0. The SMILES string of the molecule is CC(=O)c1cccc(NC(=O)Cn2c(=O)n3nc(-c4ccc(C)cc4)nc3c3ccccc32)c1. The summed E-state index contributed by atoms with van der Waals surface area (Å²) in [5.41, 5.74) is 3.43. The molecule has 2 heterocycles. The van der Waals surface area contributed by atoms with Crippen LogP contribution in [-0.2, 0) is 11.3 Å². The zero-order chi connectivity index (χ0) is 23.8. The molecule has 0 unspecified atom stereocenters. The number of carbonyl (C=O) groups excluding carboxylic acids is 2. The van der Waals surface area contributed by atoms with Crippen LogP contribution in [0.2, 0.25) is 0 Å². The molecule has 0 bridgehead atoms. The molecule has 2 aromatic heterocycles. The number of rotatable bonds is 5. The maximum absolute atomic E-state index is 13.4. The topological polar surface area (TPSA) is 98.4 Å². The zero-order valence-electron chi connectivity index (χ0n) is 18.6. The summed E-state index contributed by atoms with van der Waals surface area (Å²) in [5, 5.41) is 7.92. The van der Waals surface area contributed by atoms with Crippen LogP contribution in [0.5, 0.6) is 0 Å². The molecular weight excluding hydrogens is 430 g/mol. The van der Waals surface area contributed by atoms with E-state index in [0.29, 0.717) is 33.6 Å². The monoisotopic (exact) mass is 451 g/mol. The summed E-state index contributed by atoms with van der Waals surface area (Å²) in [5.74, 6) is -0.0593. The summed E-state index contributed by atoms with van der Waals surface area (Å²) < 4.78 is 2.61. The van der Waals surface area contributed by atoms with Crippen LogP contribution in [0.4, 0.5) is 5.69 Å². The number of Topliss-reactive ketones (excluding diaryl/α,β-unsaturated/α-hetero) is 1. The number of hydrogen-bond acceptors (Lipinski definition) is 5. The fourth-order valence-corrected chi connectivity index (χ4v) is 3.87. The lowest BCUT2D eigenvalue weighted by Crippen LogP contribution is -2.32. The number of carbonyl (C=O) groups is 2. The number of aromatic nitrogens is 4. The van der Waals surface area contributed by atoms with Gasteiger partial charge in [0, 0.05) is 22.2 Å². The van der Waals surface area contributed by atoms with E-state index in [-0.39, 0.29) is 12.3 Å². The normalized spacial score (nSPS) is 11.1. The van der Waals surface area contributed by atoms with Crippen molar-refractivity contribution in [3.63, 3.8) is 0 Å². The van der Waals surface area contributed by atoms with Crippen molar-refractivity contribution in [3.05, 3.63) is 94.4 Å². The standard InChI is InChI=1S/C26H21N5O3/c1-16-10-12-18(13-11-16)24-28-25-21-8-3-4-9-22(21)30(26(34)31(25)29-24)15-23(33)27-20-7-5-6-19(14-20)17(2)32/h3-14H,15H2,1-2H3,(H,27,33). The van der Waals surface area contributed by atoms with E-state index in [4.69, 9.17) is 0 Å². The maximum Gasteiger partial charge on any atom is 0.351 e. The van der Waals surface area contributed by atoms with Crippen molar-refractivity contribution in [2.24, 2.45) is 0 Å². The minimum absolute atomic E-state index is 0.0978. The largest absolute Gasteiger partial charge is 0.351 e. The van der Waals surface area contributed by atoms with E-state index in [1.165, 1.54) is 16.0 Å². The summed E-state index contributed by atoms with van der Waals surface area (Å²) in [6.07, 6.45) is 0. The second-order valence-corrected chi connectivity index (χ2v) is 8.11. The number of nitrogens with zero attached hydrogens (tertiary/aromatic N) is 4. The van der Waals surface area contributed by atoms with Crippen molar-refractivity contribution in [2.45, 2.75) is 20.4 Å². The quantitative estimate of drug-likeness (QED) is 0.409. The third-order valence-electron chi connectivity index (χ3n) is 5.62. The van der Waals surface area contributed by atoms with Crippen LogP contribution < -0.4 is 11.0 Å². The second-order valence-electron chi connectivity index (χ2n) is 8.11. The highest BCUT2D eigenvalue weighted by Crippen LogP contribution is 2.21. The van der Waals surface area contributed by atoms with Gasteiger partial charge in [-0.25, -0.2) is 9.78 Å². The molecule has 0 fully saturated rings. The van der Waals surface area contributed by atoms with Gasteiger partial charge >= 0.3 is 5.69 Å². The van der Waals surface area contributed by atoms with Gasteiger partial charge < -0.3 is 5.32 Å². The molecule has 168 valence electrons. The van der Waals surface area contributed by atoms with Gasteiger partial charge in [-0.2, -0.15) is 4.52 Å². The molecule has 1 N–H and O–H groups in total. The average molecular weight is 451 g/mol. The van der Waals surface area contributed by atoms with Gasteiger partial charge in [0.15, 0.2) is 17.3 Å². The number of fused-ring (bicyclic) bond motifs is 3. The third-order valence-corrected chi connectivity index (χ3v) is 5.62. The molecule has 0 saturated heterocycles. The number of para-hydroxylation sites is 1. The first kappa shape index (κ1) is 21.3. The predicted molar refractivity (Wildman–Crippen MR) is 130 cm³/mol. The van der Waals surface area contributed by atoms with Crippen LogP contribution >= 0.6 is 0 Å². The van der Waals surface area contributed by atoms with Crippen molar-refractivity contribution < 1.29 is 9.59 Å². The van der Waals surface area contributed by atoms with Crippen molar-refractivity contribution >= 4 is 33.9 Å². The minimum Gasteiger partial charge on any atom is -0.325 e. The van der Waals surface area contributed by atoms with Gasteiger partial charge in [0.25, 0.3) is 0 Å². The molecule has 8 nitrogen and oxygen atoms in total. The van der Waals surface area contributed by atoms with E-state index in [0.717, 1.165) is 11.1 Å². The number of ketones is 1.